The van der Waals surface area contributed by atoms with Crippen molar-refractivity contribution in [1.82, 2.24) is 0 Å². The minimum Gasteiger partial charge on any atom is -0.493 e. The van der Waals surface area contributed by atoms with Gasteiger partial charge in [0, 0.05) is 10.6 Å². The SMILES string of the molecule is COc1ccc(/C(Cl)=C(/C=O)c2ccc(Cl)cc2)cc1OC. The minimum atomic E-state index is 0.332. The van der Waals surface area contributed by atoms with Crippen molar-refractivity contribution < 1.29 is 14.3 Å². The molecule has 2 rings (SSSR count). The number of hydrogen-bond donors (Lipinski definition) is 0. The van der Waals surface area contributed by atoms with E-state index in [4.69, 9.17) is 32.7 Å². The first-order chi connectivity index (χ1) is 10.6. The molecule has 0 fully saturated rings. The van der Waals surface area contributed by atoms with E-state index in [0.29, 0.717) is 38.3 Å². The zero-order valence-electron chi connectivity index (χ0n) is 12.1. The van der Waals surface area contributed by atoms with Crippen LogP contribution in [0.2, 0.25) is 5.02 Å². The molecule has 114 valence electrons. The maximum absolute atomic E-state index is 11.5. The van der Waals surface area contributed by atoms with Crippen LogP contribution in [0.1, 0.15) is 11.1 Å². The molecule has 22 heavy (non-hydrogen) atoms. The predicted molar refractivity (Wildman–Crippen MR) is 89.7 cm³/mol. The number of halogens is 2. The van der Waals surface area contributed by atoms with Gasteiger partial charge in [-0.25, -0.2) is 0 Å². The first-order valence-corrected chi connectivity index (χ1v) is 7.19. The Morgan fingerprint density at radius 2 is 1.55 bits per heavy atom. The second-order valence-electron chi connectivity index (χ2n) is 4.42. The van der Waals surface area contributed by atoms with E-state index in [-0.39, 0.29) is 0 Å². The third-order valence-electron chi connectivity index (χ3n) is 3.15. The highest BCUT2D eigenvalue weighted by Gasteiger charge is 2.12. The monoisotopic (exact) mass is 336 g/mol. The van der Waals surface area contributed by atoms with Gasteiger partial charge in [-0.05, 0) is 41.5 Å². The van der Waals surface area contributed by atoms with E-state index in [1.165, 1.54) is 0 Å². The Hall–Kier alpha value is -1.97. The molecular weight excluding hydrogens is 323 g/mol. The molecular formula is C17H14Cl2O3. The second kappa shape index (κ2) is 7.34. The van der Waals surface area contributed by atoms with Crippen LogP contribution >= 0.6 is 23.2 Å². The van der Waals surface area contributed by atoms with Crippen molar-refractivity contribution in [2.45, 2.75) is 0 Å². The molecule has 0 amide bonds. The zero-order chi connectivity index (χ0) is 16.1. The Morgan fingerprint density at radius 1 is 0.955 bits per heavy atom. The van der Waals surface area contributed by atoms with Crippen LogP contribution in [0, 0.1) is 0 Å². The molecule has 0 spiro atoms. The lowest BCUT2D eigenvalue weighted by Gasteiger charge is -2.11. The Morgan fingerprint density at radius 3 is 2.09 bits per heavy atom. The highest BCUT2D eigenvalue weighted by molar-refractivity contribution is 6.55. The van der Waals surface area contributed by atoms with E-state index in [0.717, 1.165) is 6.29 Å². The van der Waals surface area contributed by atoms with Crippen LogP contribution in [0.15, 0.2) is 42.5 Å². The molecule has 0 radical (unpaired) electrons. The van der Waals surface area contributed by atoms with Crippen LogP contribution in [-0.4, -0.2) is 20.5 Å². The second-order valence-corrected chi connectivity index (χ2v) is 5.24. The van der Waals surface area contributed by atoms with Gasteiger partial charge in [0.15, 0.2) is 17.8 Å². The number of carbonyl (C=O) groups excluding carboxylic acids is 1. The summed E-state index contributed by atoms with van der Waals surface area (Å²) in [4.78, 5) is 11.5. The average Bonchev–Trinajstić information content (AvgIpc) is 2.56. The van der Waals surface area contributed by atoms with Crippen LogP contribution in [0.5, 0.6) is 11.5 Å². The number of hydrogen-bond acceptors (Lipinski definition) is 3. The van der Waals surface area contributed by atoms with Crippen LogP contribution in [0.25, 0.3) is 10.6 Å². The molecule has 0 aliphatic heterocycles. The quantitative estimate of drug-likeness (QED) is 0.452. The Kier molecular flexibility index (Phi) is 5.47. The average molecular weight is 337 g/mol. The normalized spacial score (nSPS) is 11.6. The van der Waals surface area contributed by atoms with Gasteiger partial charge in [0.05, 0.1) is 19.3 Å². The maximum atomic E-state index is 11.5. The van der Waals surface area contributed by atoms with Crippen molar-refractivity contribution >= 4 is 40.1 Å². The van der Waals surface area contributed by atoms with Gasteiger partial charge >= 0.3 is 0 Å². The predicted octanol–water partition coefficient (Wildman–Crippen LogP) is 4.66. The molecule has 0 N–H and O–H groups in total. The van der Waals surface area contributed by atoms with E-state index in [1.807, 2.05) is 0 Å². The molecule has 5 heteroatoms. The van der Waals surface area contributed by atoms with Crippen molar-refractivity contribution in [2.24, 2.45) is 0 Å². The molecule has 2 aromatic rings. The highest BCUT2D eigenvalue weighted by Crippen LogP contribution is 2.35. The lowest BCUT2D eigenvalue weighted by Crippen LogP contribution is -1.93. The first kappa shape index (κ1) is 16.4. The summed E-state index contributed by atoms with van der Waals surface area (Å²) in [5.74, 6) is 1.13. The van der Waals surface area contributed by atoms with Crippen molar-refractivity contribution in [1.29, 1.82) is 0 Å². The molecule has 0 aliphatic rings. The largest absolute Gasteiger partial charge is 0.493 e. The topological polar surface area (TPSA) is 35.5 Å². The Labute approximate surface area is 139 Å². The number of carbonyl (C=O) groups is 1. The third kappa shape index (κ3) is 3.43. The maximum Gasteiger partial charge on any atom is 0.161 e. The summed E-state index contributed by atoms with van der Waals surface area (Å²) in [5.41, 5.74) is 1.74. The molecule has 0 bridgehead atoms. The number of aldehydes is 1. The van der Waals surface area contributed by atoms with Gasteiger partial charge in [-0.15, -0.1) is 0 Å². The van der Waals surface area contributed by atoms with E-state index >= 15 is 0 Å². The molecule has 0 atom stereocenters. The van der Waals surface area contributed by atoms with Crippen molar-refractivity contribution in [3.63, 3.8) is 0 Å². The fraction of sp³-hybridized carbons (Fsp3) is 0.118. The zero-order valence-corrected chi connectivity index (χ0v) is 13.6. The van der Waals surface area contributed by atoms with Gasteiger partial charge in [-0.1, -0.05) is 35.3 Å². The molecule has 0 saturated heterocycles. The van der Waals surface area contributed by atoms with Crippen molar-refractivity contribution in [3.8, 4) is 11.5 Å². The number of allylic oxidation sites excluding steroid dienone is 1. The Bertz CT molecular complexity index is 706. The summed E-state index contributed by atoms with van der Waals surface area (Å²) < 4.78 is 10.4. The van der Waals surface area contributed by atoms with E-state index in [2.05, 4.69) is 0 Å². The standard InChI is InChI=1S/C17H14Cl2O3/c1-21-15-8-5-12(9-16(15)22-2)17(19)14(10-20)11-3-6-13(18)7-4-11/h3-10H,1-2H3/b17-14+. The fourth-order valence-corrected chi connectivity index (χ4v) is 2.40. The lowest BCUT2D eigenvalue weighted by atomic mass is 10.0. The van der Waals surface area contributed by atoms with Gasteiger partial charge in [-0.2, -0.15) is 0 Å². The van der Waals surface area contributed by atoms with Crippen LogP contribution in [-0.2, 0) is 4.79 Å². The summed E-state index contributed by atoms with van der Waals surface area (Å²) in [6, 6.07) is 12.1. The van der Waals surface area contributed by atoms with Gasteiger partial charge in [0.25, 0.3) is 0 Å². The van der Waals surface area contributed by atoms with Crippen molar-refractivity contribution in [2.75, 3.05) is 14.2 Å². The van der Waals surface area contributed by atoms with Crippen LogP contribution < -0.4 is 9.47 Å². The summed E-state index contributed by atoms with van der Waals surface area (Å²) in [6.07, 6.45) is 0.724. The molecule has 0 aliphatic carbocycles. The first-order valence-electron chi connectivity index (χ1n) is 6.44. The fourth-order valence-electron chi connectivity index (χ4n) is 2.00. The summed E-state index contributed by atoms with van der Waals surface area (Å²) in [6.45, 7) is 0. The summed E-state index contributed by atoms with van der Waals surface area (Å²) in [5, 5.41) is 0.925. The molecule has 0 aromatic heterocycles. The summed E-state index contributed by atoms with van der Waals surface area (Å²) in [7, 11) is 3.10. The van der Waals surface area contributed by atoms with E-state index < -0.39 is 0 Å². The lowest BCUT2D eigenvalue weighted by molar-refractivity contribution is -0.103. The summed E-state index contributed by atoms with van der Waals surface area (Å²) >= 11 is 12.3. The van der Waals surface area contributed by atoms with Gasteiger partial charge in [-0.3, -0.25) is 4.79 Å². The molecule has 2 aromatic carbocycles. The molecule has 3 nitrogen and oxygen atoms in total. The van der Waals surface area contributed by atoms with Crippen LogP contribution in [0.4, 0.5) is 0 Å². The van der Waals surface area contributed by atoms with Crippen molar-refractivity contribution in [3.05, 3.63) is 58.6 Å². The molecule has 0 heterocycles. The van der Waals surface area contributed by atoms with Gasteiger partial charge < -0.3 is 9.47 Å². The minimum absolute atomic E-state index is 0.332. The third-order valence-corrected chi connectivity index (χ3v) is 3.82. The molecule has 0 unspecified atom stereocenters. The number of ether oxygens (including phenoxy) is 2. The number of methoxy groups -OCH3 is 2. The van der Waals surface area contributed by atoms with Crippen LogP contribution in [0.3, 0.4) is 0 Å². The number of rotatable bonds is 5. The molecule has 0 saturated carbocycles. The number of benzene rings is 2. The van der Waals surface area contributed by atoms with Gasteiger partial charge in [0.1, 0.15) is 0 Å². The Balaban J connectivity index is 2.52. The van der Waals surface area contributed by atoms with E-state index in [9.17, 15) is 4.79 Å². The van der Waals surface area contributed by atoms with E-state index in [1.54, 1.807) is 56.7 Å². The highest BCUT2D eigenvalue weighted by atomic mass is 35.5. The van der Waals surface area contributed by atoms with Gasteiger partial charge in [0.2, 0.25) is 0 Å². The smallest absolute Gasteiger partial charge is 0.161 e.